The van der Waals surface area contributed by atoms with E-state index in [0.717, 1.165) is 33.9 Å². The van der Waals surface area contributed by atoms with Gasteiger partial charge in [-0.15, -0.1) is 0 Å². The Bertz CT molecular complexity index is 1580. The van der Waals surface area contributed by atoms with Crippen LogP contribution in [-0.2, 0) is 20.2 Å². The number of carboxylic acid groups (broad SMARTS) is 1. The Balaban J connectivity index is 1.87. The summed E-state index contributed by atoms with van der Waals surface area (Å²) in [6.07, 6.45) is 4.52. The molecule has 2 aromatic rings. The topological polar surface area (TPSA) is 80.9 Å². The van der Waals surface area contributed by atoms with Gasteiger partial charge in [0.1, 0.15) is 6.54 Å². The molecule has 0 unspecified atom stereocenters. The van der Waals surface area contributed by atoms with E-state index in [1.165, 1.54) is 28.0 Å². The second-order valence-electron chi connectivity index (χ2n) is 12.0. The molecule has 39 heavy (non-hydrogen) atoms. The van der Waals surface area contributed by atoms with Crippen molar-refractivity contribution in [3.05, 3.63) is 69.2 Å². The van der Waals surface area contributed by atoms with Crippen LogP contribution in [0.15, 0.2) is 36.4 Å². The third-order valence-electron chi connectivity index (χ3n) is 8.23. The van der Waals surface area contributed by atoms with Crippen LogP contribution >= 0.6 is 0 Å². The molecule has 1 N–H and O–H groups in total. The zero-order valence-electron chi connectivity index (χ0n) is 24.5. The minimum absolute atomic E-state index is 0.0564. The van der Waals surface area contributed by atoms with E-state index >= 15 is 0 Å². The van der Waals surface area contributed by atoms with Crippen LogP contribution in [0.2, 0.25) is 0 Å². The molecular weight excluding hydrogens is 510 g/mol. The van der Waals surface area contributed by atoms with Gasteiger partial charge in [-0.3, -0.25) is 4.79 Å². The van der Waals surface area contributed by atoms with E-state index in [4.69, 9.17) is 5.11 Å². The molecule has 1 aliphatic carbocycles. The maximum Gasteiger partial charge on any atom is 0.303 e. The number of sulfonamides is 1. The molecule has 0 aromatic heterocycles. The quantitative estimate of drug-likeness (QED) is 0.484. The maximum atomic E-state index is 13.4. The molecule has 0 bridgehead atoms. The molecule has 8 heteroatoms. The molecule has 210 valence electrons. The lowest BCUT2D eigenvalue weighted by atomic mass is 9.71. The van der Waals surface area contributed by atoms with Crippen molar-refractivity contribution in [2.75, 3.05) is 44.9 Å². The smallest absolute Gasteiger partial charge is 0.303 e. The molecule has 0 fully saturated rings. The van der Waals surface area contributed by atoms with E-state index in [2.05, 4.69) is 101 Å². The van der Waals surface area contributed by atoms with E-state index in [0.29, 0.717) is 0 Å². The molecule has 2 aromatic carbocycles. The lowest BCUT2D eigenvalue weighted by Crippen LogP contribution is -2.51. The van der Waals surface area contributed by atoms with Crippen molar-refractivity contribution in [3.8, 4) is 0 Å². The first kappa shape index (κ1) is 29.0. The Hall–Kier alpha value is -2.97. The Morgan fingerprint density at radius 2 is 1.72 bits per heavy atom. The fourth-order valence-electron chi connectivity index (χ4n) is 6.04. The highest BCUT2D eigenvalue weighted by molar-refractivity contribution is 7.89. The maximum absolute atomic E-state index is 13.4. The van der Waals surface area contributed by atoms with Crippen molar-refractivity contribution >= 4 is 33.3 Å². The van der Waals surface area contributed by atoms with Crippen LogP contribution < -0.4 is 20.1 Å². The SMILES string of the molecule is CC[N+]1=c2cc3c(cc2C(CS(=O)(=O)N(C)CCCC(=O)O)=CC1(C)C)=Cc1ccc(N(C)C)cc1C3(C)C. The second-order valence-corrected chi connectivity index (χ2v) is 14.1. The molecule has 0 spiro atoms. The molecule has 1 aliphatic heterocycles. The average Bonchev–Trinajstić information content (AvgIpc) is 2.82. The number of hydrogen-bond donors (Lipinski definition) is 1. The standard InChI is InChI=1S/C31H41N3O4S/c1-9-34-28-18-27-22(15-21-12-13-24(32(6)7)17-26(21)31(27,4)5)16-25(28)23(19-30(34,2)3)20-39(37,38)33(8)14-10-11-29(35)36/h12-13,15-19H,9-11,14,20H2,1-8H3/p+1. The molecule has 0 radical (unpaired) electrons. The summed E-state index contributed by atoms with van der Waals surface area (Å²) in [5, 5.41) is 11.1. The molecule has 0 atom stereocenters. The van der Waals surface area contributed by atoms with E-state index in [1.807, 2.05) is 0 Å². The lowest BCUT2D eigenvalue weighted by molar-refractivity contribution is -0.137. The summed E-state index contributed by atoms with van der Waals surface area (Å²) in [5.41, 5.74) is 5.97. The summed E-state index contributed by atoms with van der Waals surface area (Å²) in [5.74, 6) is -1.05. The normalized spacial score (nSPS) is 17.1. The number of likely N-dealkylation sites (N-methyl/N-ethyl adjacent to an activating group) is 1. The van der Waals surface area contributed by atoms with Crippen molar-refractivity contribution in [1.82, 2.24) is 8.88 Å². The van der Waals surface area contributed by atoms with Crippen molar-refractivity contribution in [2.24, 2.45) is 0 Å². The van der Waals surface area contributed by atoms with Gasteiger partial charge in [-0.2, -0.15) is 0 Å². The van der Waals surface area contributed by atoms with Crippen molar-refractivity contribution in [1.29, 1.82) is 0 Å². The van der Waals surface area contributed by atoms with Gasteiger partial charge in [-0.25, -0.2) is 17.3 Å². The number of aliphatic carboxylic acids is 1. The lowest BCUT2D eigenvalue weighted by Gasteiger charge is -2.34. The van der Waals surface area contributed by atoms with E-state index in [-0.39, 0.29) is 36.1 Å². The van der Waals surface area contributed by atoms with Gasteiger partial charge in [-0.1, -0.05) is 19.9 Å². The number of hydrogen-bond acceptors (Lipinski definition) is 4. The highest BCUT2D eigenvalue weighted by atomic mass is 32.2. The fraction of sp³-hybridized carbons (Fsp3) is 0.484. The third-order valence-corrected chi connectivity index (χ3v) is 10.0. The number of rotatable bonds is 9. The minimum Gasteiger partial charge on any atom is -0.481 e. The van der Waals surface area contributed by atoms with E-state index in [9.17, 15) is 13.2 Å². The van der Waals surface area contributed by atoms with Crippen LogP contribution in [0, 0.1) is 0 Å². The molecule has 7 nitrogen and oxygen atoms in total. The Kier molecular flexibility index (Phi) is 7.60. The number of carbonyl (C=O) groups is 1. The van der Waals surface area contributed by atoms with Gasteiger partial charge in [0.2, 0.25) is 15.4 Å². The first-order valence-electron chi connectivity index (χ1n) is 13.6. The van der Waals surface area contributed by atoms with Gasteiger partial charge in [0.15, 0.2) is 5.54 Å². The molecule has 0 saturated heterocycles. The number of anilines is 1. The van der Waals surface area contributed by atoms with Crippen LogP contribution in [0.3, 0.4) is 0 Å². The van der Waals surface area contributed by atoms with Gasteiger partial charge in [0, 0.05) is 65.1 Å². The number of benzene rings is 2. The minimum atomic E-state index is -3.64. The van der Waals surface area contributed by atoms with Gasteiger partial charge in [-0.05, 0) is 71.2 Å². The molecule has 1 heterocycles. The van der Waals surface area contributed by atoms with Gasteiger partial charge >= 0.3 is 5.97 Å². The fourth-order valence-corrected chi connectivity index (χ4v) is 7.30. The summed E-state index contributed by atoms with van der Waals surface area (Å²) < 4.78 is 30.4. The number of fused-ring (bicyclic) bond motifs is 3. The van der Waals surface area contributed by atoms with Crippen LogP contribution in [-0.4, -0.2) is 69.3 Å². The van der Waals surface area contributed by atoms with Crippen molar-refractivity contribution in [2.45, 2.75) is 58.4 Å². The molecule has 0 amide bonds. The highest BCUT2D eigenvalue weighted by Crippen LogP contribution is 2.37. The molecule has 4 rings (SSSR count). The second kappa shape index (κ2) is 10.2. The summed E-state index contributed by atoms with van der Waals surface area (Å²) in [6, 6.07) is 11.0. The van der Waals surface area contributed by atoms with Crippen molar-refractivity contribution < 1.29 is 18.3 Å². The molecule has 2 aliphatic rings. The summed E-state index contributed by atoms with van der Waals surface area (Å²) in [6.45, 7) is 11.9. The Morgan fingerprint density at radius 1 is 1.03 bits per heavy atom. The number of nitrogens with zero attached hydrogens (tertiary/aromatic N) is 3. The summed E-state index contributed by atoms with van der Waals surface area (Å²) in [4.78, 5) is 13.0. The Labute approximate surface area is 232 Å². The van der Waals surface area contributed by atoms with Crippen molar-refractivity contribution in [3.63, 3.8) is 0 Å². The predicted octanol–water partition coefficient (Wildman–Crippen LogP) is 3.03. The highest BCUT2D eigenvalue weighted by Gasteiger charge is 2.38. The summed E-state index contributed by atoms with van der Waals surface area (Å²) in [7, 11) is 2.00. The molecule has 0 saturated carbocycles. The van der Waals surface area contributed by atoms with Crippen LogP contribution in [0.4, 0.5) is 5.69 Å². The monoisotopic (exact) mass is 552 g/mol. The Morgan fingerprint density at radius 3 is 2.33 bits per heavy atom. The zero-order valence-corrected chi connectivity index (χ0v) is 25.3. The largest absolute Gasteiger partial charge is 0.481 e. The average molecular weight is 553 g/mol. The zero-order chi connectivity index (χ0) is 28.9. The predicted molar refractivity (Wildman–Crippen MR) is 159 cm³/mol. The summed E-state index contributed by atoms with van der Waals surface area (Å²) >= 11 is 0. The van der Waals surface area contributed by atoms with Gasteiger partial charge < -0.3 is 10.0 Å². The van der Waals surface area contributed by atoms with Gasteiger partial charge in [0.05, 0.1) is 11.3 Å². The van der Waals surface area contributed by atoms with E-state index in [1.54, 1.807) is 0 Å². The number of carboxylic acids is 1. The van der Waals surface area contributed by atoms with Crippen LogP contribution in [0.1, 0.15) is 69.7 Å². The third kappa shape index (κ3) is 5.41. The first-order valence-corrected chi connectivity index (χ1v) is 15.2. The van der Waals surface area contributed by atoms with Crippen LogP contribution in [0.25, 0.3) is 11.6 Å². The van der Waals surface area contributed by atoms with Crippen LogP contribution in [0.5, 0.6) is 0 Å². The van der Waals surface area contributed by atoms with Gasteiger partial charge in [0.25, 0.3) is 0 Å². The van der Waals surface area contributed by atoms with E-state index < -0.39 is 16.0 Å². The molecular formula is C31H42N3O4S+. The first-order chi connectivity index (χ1) is 18.1.